The van der Waals surface area contributed by atoms with Gasteiger partial charge in [0.2, 0.25) is 5.95 Å². The molecule has 2 aromatic rings. The molecule has 1 aromatic carbocycles. The molecule has 2 heterocycles. The van der Waals surface area contributed by atoms with Crippen LogP contribution in [0.15, 0.2) is 18.2 Å². The van der Waals surface area contributed by atoms with Gasteiger partial charge in [0.25, 0.3) is 0 Å². The van der Waals surface area contributed by atoms with Gasteiger partial charge in [-0.15, -0.1) is 0 Å². The Morgan fingerprint density at radius 2 is 2.32 bits per heavy atom. The van der Waals surface area contributed by atoms with Gasteiger partial charge in [0.15, 0.2) is 0 Å². The molecule has 102 valence electrons. The Balaban J connectivity index is 1.97. The van der Waals surface area contributed by atoms with E-state index < -0.39 is 0 Å². The average Bonchev–Trinajstić information content (AvgIpc) is 2.81. The van der Waals surface area contributed by atoms with Crippen LogP contribution in [0, 0.1) is 5.82 Å². The summed E-state index contributed by atoms with van der Waals surface area (Å²) in [6.07, 6.45) is 3.44. The minimum absolute atomic E-state index is 0.102. The highest BCUT2D eigenvalue weighted by atomic mass is 19.1. The number of imidazole rings is 1. The van der Waals surface area contributed by atoms with Crippen LogP contribution in [0.25, 0.3) is 11.0 Å². The first kappa shape index (κ1) is 12.4. The molecule has 3 N–H and O–H groups in total. The number of aromatic nitrogens is 2. The highest BCUT2D eigenvalue weighted by molar-refractivity contribution is 5.77. The maximum Gasteiger partial charge on any atom is 0.204 e. The molecule has 5 heteroatoms. The zero-order valence-electron chi connectivity index (χ0n) is 11.1. The maximum absolute atomic E-state index is 13.2. The van der Waals surface area contributed by atoms with E-state index in [1.165, 1.54) is 18.6 Å². The van der Waals surface area contributed by atoms with Crippen LogP contribution in [-0.4, -0.2) is 28.6 Å². The quantitative estimate of drug-likeness (QED) is 0.873. The summed E-state index contributed by atoms with van der Waals surface area (Å²) in [7, 11) is 0. The van der Waals surface area contributed by atoms with E-state index in [4.69, 9.17) is 5.73 Å². The van der Waals surface area contributed by atoms with Gasteiger partial charge in [-0.25, -0.2) is 9.37 Å². The van der Waals surface area contributed by atoms with Crippen molar-refractivity contribution in [2.75, 3.05) is 11.4 Å². The average molecular weight is 262 g/mol. The van der Waals surface area contributed by atoms with E-state index in [0.29, 0.717) is 6.04 Å². The lowest BCUT2D eigenvalue weighted by Gasteiger charge is -2.37. The topological polar surface area (TPSA) is 57.9 Å². The minimum atomic E-state index is -0.245. The summed E-state index contributed by atoms with van der Waals surface area (Å²) < 4.78 is 13.2. The highest BCUT2D eigenvalue weighted by Crippen LogP contribution is 2.26. The number of halogens is 1. The second-order valence-corrected chi connectivity index (χ2v) is 5.34. The molecular weight excluding hydrogens is 243 g/mol. The SMILES string of the molecule is CC(N)C1CCCCN1c1nc2ccc(F)cc2[nH]1. The smallest absolute Gasteiger partial charge is 0.204 e. The first-order chi connectivity index (χ1) is 9.15. The molecule has 0 bridgehead atoms. The van der Waals surface area contributed by atoms with Crippen LogP contribution in [0.1, 0.15) is 26.2 Å². The number of hydrogen-bond donors (Lipinski definition) is 2. The van der Waals surface area contributed by atoms with Crippen molar-refractivity contribution in [3.8, 4) is 0 Å². The number of fused-ring (bicyclic) bond motifs is 1. The number of nitrogens with two attached hydrogens (primary N) is 1. The normalized spacial score (nSPS) is 21.8. The van der Waals surface area contributed by atoms with Crippen molar-refractivity contribution in [2.45, 2.75) is 38.3 Å². The zero-order chi connectivity index (χ0) is 13.4. The molecule has 1 saturated heterocycles. The summed E-state index contributed by atoms with van der Waals surface area (Å²) in [5.41, 5.74) is 7.61. The van der Waals surface area contributed by atoms with Gasteiger partial charge in [-0.3, -0.25) is 0 Å². The Bertz CT molecular complexity index is 578. The van der Waals surface area contributed by atoms with Gasteiger partial charge in [0.1, 0.15) is 5.82 Å². The molecule has 0 saturated carbocycles. The number of rotatable bonds is 2. The molecule has 0 aliphatic carbocycles. The van der Waals surface area contributed by atoms with Crippen LogP contribution in [0.4, 0.5) is 10.3 Å². The van der Waals surface area contributed by atoms with E-state index >= 15 is 0 Å². The fourth-order valence-corrected chi connectivity index (χ4v) is 2.87. The van der Waals surface area contributed by atoms with E-state index in [0.717, 1.165) is 36.4 Å². The molecule has 2 atom stereocenters. The maximum atomic E-state index is 13.2. The minimum Gasteiger partial charge on any atom is -0.338 e. The van der Waals surface area contributed by atoms with Gasteiger partial charge in [-0.05, 0) is 44.4 Å². The van der Waals surface area contributed by atoms with Crippen molar-refractivity contribution in [3.63, 3.8) is 0 Å². The molecule has 0 spiro atoms. The molecule has 0 amide bonds. The predicted octanol–water partition coefficient (Wildman–Crippen LogP) is 2.41. The van der Waals surface area contributed by atoms with Gasteiger partial charge in [0.05, 0.1) is 11.0 Å². The number of aromatic amines is 1. The molecule has 2 unspecified atom stereocenters. The van der Waals surface area contributed by atoms with Crippen molar-refractivity contribution < 1.29 is 4.39 Å². The fraction of sp³-hybridized carbons (Fsp3) is 0.500. The van der Waals surface area contributed by atoms with Crippen LogP contribution in [0.5, 0.6) is 0 Å². The third-order valence-corrected chi connectivity index (χ3v) is 3.86. The van der Waals surface area contributed by atoms with Crippen LogP contribution in [-0.2, 0) is 0 Å². The molecule has 4 nitrogen and oxygen atoms in total. The Morgan fingerprint density at radius 3 is 3.11 bits per heavy atom. The van der Waals surface area contributed by atoms with Crippen molar-refractivity contribution in [2.24, 2.45) is 5.73 Å². The molecule has 0 radical (unpaired) electrons. The van der Waals surface area contributed by atoms with Crippen molar-refractivity contribution in [3.05, 3.63) is 24.0 Å². The number of anilines is 1. The summed E-state index contributed by atoms with van der Waals surface area (Å²) in [5, 5.41) is 0. The molecule has 19 heavy (non-hydrogen) atoms. The first-order valence-electron chi connectivity index (χ1n) is 6.82. The Hall–Kier alpha value is -1.62. The highest BCUT2D eigenvalue weighted by Gasteiger charge is 2.27. The number of H-pyrrole nitrogens is 1. The first-order valence-corrected chi connectivity index (χ1v) is 6.82. The Morgan fingerprint density at radius 1 is 1.47 bits per heavy atom. The Kier molecular flexibility index (Phi) is 3.14. The number of nitrogens with one attached hydrogen (secondary N) is 1. The molecular formula is C14H19FN4. The number of benzene rings is 1. The molecule has 1 fully saturated rings. The summed E-state index contributed by atoms with van der Waals surface area (Å²) in [6.45, 7) is 2.99. The molecule has 1 aliphatic rings. The summed E-state index contributed by atoms with van der Waals surface area (Å²) in [5.74, 6) is 0.563. The number of hydrogen-bond acceptors (Lipinski definition) is 3. The van der Waals surface area contributed by atoms with E-state index in [1.54, 1.807) is 6.07 Å². The third kappa shape index (κ3) is 2.30. The van der Waals surface area contributed by atoms with E-state index in [9.17, 15) is 4.39 Å². The number of nitrogens with zero attached hydrogens (tertiary/aromatic N) is 2. The lowest BCUT2D eigenvalue weighted by Crippen LogP contribution is -2.49. The van der Waals surface area contributed by atoms with Crippen molar-refractivity contribution in [1.82, 2.24) is 9.97 Å². The largest absolute Gasteiger partial charge is 0.338 e. The second-order valence-electron chi connectivity index (χ2n) is 5.34. The van der Waals surface area contributed by atoms with Gasteiger partial charge in [0, 0.05) is 18.6 Å². The molecule has 3 rings (SSSR count). The van der Waals surface area contributed by atoms with Gasteiger partial charge in [-0.1, -0.05) is 0 Å². The summed E-state index contributed by atoms with van der Waals surface area (Å²) in [6, 6.07) is 5.03. The van der Waals surface area contributed by atoms with Crippen molar-refractivity contribution >= 4 is 17.0 Å². The fourth-order valence-electron chi connectivity index (χ4n) is 2.87. The van der Waals surface area contributed by atoms with Gasteiger partial charge in [-0.2, -0.15) is 0 Å². The summed E-state index contributed by atoms with van der Waals surface area (Å²) in [4.78, 5) is 10.00. The number of piperidine rings is 1. The van der Waals surface area contributed by atoms with Crippen LogP contribution < -0.4 is 10.6 Å². The lowest BCUT2D eigenvalue weighted by atomic mass is 9.97. The van der Waals surface area contributed by atoms with E-state index in [1.807, 2.05) is 6.92 Å². The van der Waals surface area contributed by atoms with Gasteiger partial charge >= 0.3 is 0 Å². The zero-order valence-corrected chi connectivity index (χ0v) is 11.1. The lowest BCUT2D eigenvalue weighted by molar-refractivity contribution is 0.409. The van der Waals surface area contributed by atoms with E-state index in [2.05, 4.69) is 14.9 Å². The Labute approximate surface area is 111 Å². The van der Waals surface area contributed by atoms with E-state index in [-0.39, 0.29) is 11.9 Å². The van der Waals surface area contributed by atoms with Crippen LogP contribution in [0.2, 0.25) is 0 Å². The molecule has 1 aromatic heterocycles. The monoisotopic (exact) mass is 262 g/mol. The molecule has 1 aliphatic heterocycles. The van der Waals surface area contributed by atoms with Gasteiger partial charge < -0.3 is 15.6 Å². The van der Waals surface area contributed by atoms with Crippen molar-refractivity contribution in [1.29, 1.82) is 0 Å². The van der Waals surface area contributed by atoms with Crippen LogP contribution >= 0.6 is 0 Å². The standard InChI is InChI=1S/C14H19FN4/c1-9(16)13-4-2-3-7-19(13)14-17-11-6-5-10(15)8-12(11)18-14/h5-6,8-9,13H,2-4,7,16H2,1H3,(H,17,18). The van der Waals surface area contributed by atoms with Crippen LogP contribution in [0.3, 0.4) is 0 Å². The predicted molar refractivity (Wildman–Crippen MR) is 74.7 cm³/mol. The third-order valence-electron chi connectivity index (χ3n) is 3.86. The second kappa shape index (κ2) is 4.81. The summed E-state index contributed by atoms with van der Waals surface area (Å²) >= 11 is 0.